The van der Waals surface area contributed by atoms with E-state index in [2.05, 4.69) is 60.3 Å². The standard InChI is InChI=1S/C4H8N2S4.H2O/c7-3(8)5-1-2-6-4(9)10;/h1-2H2,(H2,5,7,8)(H2,6,9,10);1H2. The predicted octanol–water partition coefficient (Wildman–Crippen LogP) is -0.230. The molecule has 0 heterocycles. The normalized spacial score (nSPS) is 7.82. The van der Waals surface area contributed by atoms with Crippen LogP contribution in [0.2, 0.25) is 0 Å². The van der Waals surface area contributed by atoms with E-state index >= 15 is 0 Å². The molecule has 0 bridgehead atoms. The number of nitrogens with one attached hydrogen (secondary N) is 2. The molecule has 0 saturated heterocycles. The van der Waals surface area contributed by atoms with Gasteiger partial charge in [-0.15, -0.1) is 25.3 Å². The summed E-state index contributed by atoms with van der Waals surface area (Å²) < 4.78 is 0.985. The Bertz CT molecular complexity index is 124. The van der Waals surface area contributed by atoms with Gasteiger partial charge in [-0.1, -0.05) is 24.4 Å². The Kier molecular flexibility index (Phi) is 10.9. The minimum atomic E-state index is 0. The van der Waals surface area contributed by atoms with Gasteiger partial charge in [-0.05, 0) is 0 Å². The SMILES string of the molecule is O.S=C(S)NCCNC(=S)S. The van der Waals surface area contributed by atoms with Gasteiger partial charge in [0.05, 0.1) is 0 Å². The Morgan fingerprint density at radius 3 is 1.45 bits per heavy atom. The van der Waals surface area contributed by atoms with E-state index in [0.29, 0.717) is 21.7 Å². The lowest BCUT2D eigenvalue weighted by atomic mass is 10.6. The molecule has 0 amide bonds. The summed E-state index contributed by atoms with van der Waals surface area (Å²) in [7, 11) is 0. The van der Waals surface area contributed by atoms with Crippen molar-refractivity contribution in [3.63, 3.8) is 0 Å². The van der Waals surface area contributed by atoms with Crippen LogP contribution in [0.4, 0.5) is 0 Å². The lowest BCUT2D eigenvalue weighted by Crippen LogP contribution is -2.29. The molecule has 0 spiro atoms. The Hall–Kier alpha value is 0.440. The third-order valence-corrected chi connectivity index (χ3v) is 1.28. The first kappa shape index (κ1) is 14.0. The van der Waals surface area contributed by atoms with Crippen LogP contribution in [0.5, 0.6) is 0 Å². The molecule has 0 aromatic carbocycles. The summed E-state index contributed by atoms with van der Waals surface area (Å²) in [6, 6.07) is 0. The number of rotatable bonds is 3. The van der Waals surface area contributed by atoms with E-state index in [0.717, 1.165) is 0 Å². The molecule has 4 N–H and O–H groups in total. The van der Waals surface area contributed by atoms with Gasteiger partial charge in [0.15, 0.2) is 0 Å². The summed E-state index contributed by atoms with van der Waals surface area (Å²) in [5.41, 5.74) is 0. The van der Waals surface area contributed by atoms with E-state index in [1.807, 2.05) is 0 Å². The minimum absolute atomic E-state index is 0. The van der Waals surface area contributed by atoms with Crippen LogP contribution < -0.4 is 10.6 Å². The Balaban J connectivity index is 0. The van der Waals surface area contributed by atoms with Crippen LogP contribution in [-0.4, -0.2) is 27.2 Å². The van der Waals surface area contributed by atoms with Gasteiger partial charge in [-0.2, -0.15) is 0 Å². The molecular formula is C4H10N2OS4. The molecule has 0 aliphatic carbocycles. The van der Waals surface area contributed by atoms with Gasteiger partial charge in [0.25, 0.3) is 0 Å². The van der Waals surface area contributed by atoms with Crippen LogP contribution in [-0.2, 0) is 0 Å². The van der Waals surface area contributed by atoms with Crippen molar-refractivity contribution in [2.45, 2.75) is 0 Å². The molecule has 0 atom stereocenters. The molecule has 0 aliphatic rings. The highest BCUT2D eigenvalue weighted by Crippen LogP contribution is 1.77. The number of hydrogen-bond acceptors (Lipinski definition) is 2. The summed E-state index contributed by atoms with van der Waals surface area (Å²) in [6.45, 7) is 1.42. The van der Waals surface area contributed by atoms with Gasteiger partial charge in [-0.3, -0.25) is 0 Å². The first-order valence-corrected chi connectivity index (χ1v) is 4.27. The van der Waals surface area contributed by atoms with Crippen molar-refractivity contribution in [1.82, 2.24) is 10.6 Å². The number of thiocarbonyl (C=S) groups is 2. The Morgan fingerprint density at radius 1 is 1.00 bits per heavy atom. The summed E-state index contributed by atoms with van der Waals surface area (Å²) in [4.78, 5) is 0. The topological polar surface area (TPSA) is 55.6 Å². The molecule has 0 radical (unpaired) electrons. The zero-order chi connectivity index (χ0) is 7.98. The van der Waals surface area contributed by atoms with Gasteiger partial charge in [-0.25, -0.2) is 0 Å². The fourth-order valence-electron chi connectivity index (χ4n) is 0.339. The van der Waals surface area contributed by atoms with Gasteiger partial charge in [0.1, 0.15) is 8.64 Å². The van der Waals surface area contributed by atoms with Crippen LogP contribution in [0.15, 0.2) is 0 Å². The lowest BCUT2D eigenvalue weighted by molar-refractivity contribution is 0.824. The van der Waals surface area contributed by atoms with Crippen LogP contribution in [0.1, 0.15) is 0 Å². The maximum Gasteiger partial charge on any atom is 0.130 e. The maximum atomic E-state index is 4.65. The third-order valence-electron chi connectivity index (χ3n) is 0.677. The summed E-state index contributed by atoms with van der Waals surface area (Å²) in [6.07, 6.45) is 0. The highest BCUT2D eigenvalue weighted by atomic mass is 32.1. The molecule has 0 saturated carbocycles. The van der Waals surface area contributed by atoms with Gasteiger partial charge in [0, 0.05) is 13.1 Å². The van der Waals surface area contributed by atoms with Gasteiger partial charge < -0.3 is 16.1 Å². The molecule has 11 heavy (non-hydrogen) atoms. The van der Waals surface area contributed by atoms with Crippen molar-refractivity contribution in [1.29, 1.82) is 0 Å². The van der Waals surface area contributed by atoms with E-state index in [9.17, 15) is 0 Å². The van der Waals surface area contributed by atoms with Crippen LogP contribution >= 0.6 is 49.7 Å². The predicted molar refractivity (Wildman–Crippen MR) is 62.8 cm³/mol. The highest BCUT2D eigenvalue weighted by Gasteiger charge is 1.87. The average molecular weight is 230 g/mol. The molecule has 3 nitrogen and oxygen atoms in total. The monoisotopic (exact) mass is 230 g/mol. The molecule has 0 unspecified atom stereocenters. The van der Waals surface area contributed by atoms with Crippen molar-refractivity contribution in [3.8, 4) is 0 Å². The van der Waals surface area contributed by atoms with Gasteiger partial charge >= 0.3 is 0 Å². The summed E-state index contributed by atoms with van der Waals surface area (Å²) >= 11 is 17.0. The van der Waals surface area contributed by atoms with E-state index in [-0.39, 0.29) is 5.48 Å². The van der Waals surface area contributed by atoms with E-state index in [4.69, 9.17) is 0 Å². The molecule has 0 rings (SSSR count). The second-order valence-corrected chi connectivity index (χ2v) is 3.78. The Morgan fingerprint density at radius 2 is 1.27 bits per heavy atom. The third kappa shape index (κ3) is 13.4. The van der Waals surface area contributed by atoms with Crippen molar-refractivity contribution in [2.24, 2.45) is 0 Å². The second kappa shape index (κ2) is 8.54. The highest BCUT2D eigenvalue weighted by molar-refractivity contribution is 8.11. The average Bonchev–Trinajstić information content (AvgIpc) is 1.79. The first-order valence-electron chi connectivity index (χ1n) is 2.56. The number of hydrogen-bond donors (Lipinski definition) is 4. The lowest BCUT2D eigenvalue weighted by Gasteiger charge is -2.03. The zero-order valence-electron chi connectivity index (χ0n) is 5.63. The van der Waals surface area contributed by atoms with Gasteiger partial charge in [0.2, 0.25) is 0 Å². The fraction of sp³-hybridized carbons (Fsp3) is 0.500. The van der Waals surface area contributed by atoms with Crippen molar-refractivity contribution < 1.29 is 5.48 Å². The van der Waals surface area contributed by atoms with Crippen molar-refractivity contribution >= 4 is 58.3 Å². The smallest absolute Gasteiger partial charge is 0.130 e. The fourth-order valence-corrected chi connectivity index (χ4v) is 0.767. The molecule has 0 fully saturated rings. The quantitative estimate of drug-likeness (QED) is 0.307. The number of thiol groups is 2. The molecule has 66 valence electrons. The molecule has 0 aromatic heterocycles. The summed E-state index contributed by atoms with van der Waals surface area (Å²) in [5, 5.41) is 5.68. The molecule has 0 aliphatic heterocycles. The van der Waals surface area contributed by atoms with E-state index < -0.39 is 0 Å². The van der Waals surface area contributed by atoms with Crippen molar-refractivity contribution in [2.75, 3.05) is 13.1 Å². The first-order chi connectivity index (χ1) is 4.63. The largest absolute Gasteiger partial charge is 0.412 e. The summed E-state index contributed by atoms with van der Waals surface area (Å²) in [5.74, 6) is 0. The van der Waals surface area contributed by atoms with Crippen molar-refractivity contribution in [3.05, 3.63) is 0 Å². The van der Waals surface area contributed by atoms with E-state index in [1.165, 1.54) is 0 Å². The maximum absolute atomic E-state index is 4.65. The van der Waals surface area contributed by atoms with Crippen LogP contribution in [0, 0.1) is 0 Å². The van der Waals surface area contributed by atoms with Crippen LogP contribution in [0.3, 0.4) is 0 Å². The molecular weight excluding hydrogens is 220 g/mol. The van der Waals surface area contributed by atoms with E-state index in [1.54, 1.807) is 0 Å². The van der Waals surface area contributed by atoms with Crippen LogP contribution in [0.25, 0.3) is 0 Å². The Labute approximate surface area is 87.4 Å². The molecule has 0 aromatic rings. The second-order valence-electron chi connectivity index (χ2n) is 1.46. The zero-order valence-corrected chi connectivity index (χ0v) is 9.05. The molecule has 7 heteroatoms. The minimum Gasteiger partial charge on any atom is -0.412 e.